The third-order valence-electron chi connectivity index (χ3n) is 2.81. The minimum Gasteiger partial charge on any atom is -0.478 e. The van der Waals surface area contributed by atoms with Gasteiger partial charge in [0.15, 0.2) is 0 Å². The highest BCUT2D eigenvalue weighted by atomic mass is 16.4. The van der Waals surface area contributed by atoms with Crippen molar-refractivity contribution in [2.24, 2.45) is 0 Å². The van der Waals surface area contributed by atoms with Crippen LogP contribution >= 0.6 is 0 Å². The van der Waals surface area contributed by atoms with E-state index < -0.39 is 5.97 Å². The molecule has 2 rings (SSSR count). The standard InChI is InChI=1S/C13H14O3/c1-7(2)9-5-4-8(3)11-10(13(14)15)6-16-12(9)11/h4-7H,1-3H3,(H,14,15). The van der Waals surface area contributed by atoms with Crippen molar-refractivity contribution in [3.8, 4) is 0 Å². The number of hydrogen-bond donors (Lipinski definition) is 1. The van der Waals surface area contributed by atoms with Gasteiger partial charge in [0, 0.05) is 5.39 Å². The normalized spacial score (nSPS) is 11.2. The molecule has 3 heteroatoms. The van der Waals surface area contributed by atoms with E-state index in [-0.39, 0.29) is 5.56 Å². The first-order valence-corrected chi connectivity index (χ1v) is 5.26. The number of carboxylic acids is 1. The molecule has 0 unspecified atom stereocenters. The molecule has 0 spiro atoms. The Kier molecular flexibility index (Phi) is 2.46. The summed E-state index contributed by atoms with van der Waals surface area (Å²) in [6.45, 7) is 6.02. The SMILES string of the molecule is Cc1ccc(C(C)C)c2occ(C(=O)O)c12. The fraction of sp³-hybridized carbons (Fsp3) is 0.308. The summed E-state index contributed by atoms with van der Waals surface area (Å²) in [7, 11) is 0. The monoisotopic (exact) mass is 218 g/mol. The van der Waals surface area contributed by atoms with E-state index >= 15 is 0 Å². The Morgan fingerprint density at radius 1 is 1.38 bits per heavy atom. The molecule has 1 aromatic heterocycles. The van der Waals surface area contributed by atoms with Crippen molar-refractivity contribution in [1.29, 1.82) is 0 Å². The van der Waals surface area contributed by atoms with Crippen molar-refractivity contribution in [3.63, 3.8) is 0 Å². The molecule has 0 aliphatic heterocycles. The largest absolute Gasteiger partial charge is 0.478 e. The van der Waals surface area contributed by atoms with Crippen LogP contribution in [0.2, 0.25) is 0 Å². The zero-order valence-corrected chi connectivity index (χ0v) is 9.57. The molecule has 0 saturated heterocycles. The molecule has 1 heterocycles. The van der Waals surface area contributed by atoms with Gasteiger partial charge in [-0.15, -0.1) is 0 Å². The van der Waals surface area contributed by atoms with E-state index in [9.17, 15) is 4.79 Å². The fourth-order valence-corrected chi connectivity index (χ4v) is 1.95. The molecule has 0 aliphatic rings. The topological polar surface area (TPSA) is 50.4 Å². The third kappa shape index (κ3) is 1.48. The van der Waals surface area contributed by atoms with Crippen LogP contribution in [0.15, 0.2) is 22.8 Å². The maximum absolute atomic E-state index is 11.0. The van der Waals surface area contributed by atoms with Gasteiger partial charge >= 0.3 is 5.97 Å². The number of hydrogen-bond acceptors (Lipinski definition) is 2. The van der Waals surface area contributed by atoms with Gasteiger partial charge in [-0.1, -0.05) is 26.0 Å². The highest BCUT2D eigenvalue weighted by Crippen LogP contribution is 2.31. The van der Waals surface area contributed by atoms with Gasteiger partial charge in [0.25, 0.3) is 0 Å². The predicted octanol–water partition coefficient (Wildman–Crippen LogP) is 3.56. The van der Waals surface area contributed by atoms with Crippen LogP contribution in [0.25, 0.3) is 11.0 Å². The van der Waals surface area contributed by atoms with Crippen LogP contribution in [0.5, 0.6) is 0 Å². The highest BCUT2D eigenvalue weighted by Gasteiger charge is 2.18. The van der Waals surface area contributed by atoms with Gasteiger partial charge in [-0.2, -0.15) is 0 Å². The van der Waals surface area contributed by atoms with Crippen molar-refractivity contribution < 1.29 is 14.3 Å². The van der Waals surface area contributed by atoms with Crippen LogP contribution in [-0.2, 0) is 0 Å². The van der Waals surface area contributed by atoms with Crippen LogP contribution in [0.1, 0.15) is 41.3 Å². The second-order valence-corrected chi connectivity index (χ2v) is 4.29. The molecule has 2 aromatic rings. The molecule has 0 bridgehead atoms. The summed E-state index contributed by atoms with van der Waals surface area (Å²) in [6.07, 6.45) is 1.33. The van der Waals surface area contributed by atoms with E-state index in [4.69, 9.17) is 9.52 Å². The van der Waals surface area contributed by atoms with Gasteiger partial charge < -0.3 is 9.52 Å². The second kappa shape index (κ2) is 3.67. The summed E-state index contributed by atoms with van der Waals surface area (Å²) in [6, 6.07) is 3.94. The summed E-state index contributed by atoms with van der Waals surface area (Å²) < 4.78 is 5.40. The number of benzene rings is 1. The van der Waals surface area contributed by atoms with Crippen LogP contribution in [0, 0.1) is 6.92 Å². The second-order valence-electron chi connectivity index (χ2n) is 4.29. The summed E-state index contributed by atoms with van der Waals surface area (Å²) in [5.41, 5.74) is 2.93. The summed E-state index contributed by atoms with van der Waals surface area (Å²) in [5, 5.41) is 9.79. The average Bonchev–Trinajstić information content (AvgIpc) is 2.62. The van der Waals surface area contributed by atoms with E-state index in [2.05, 4.69) is 13.8 Å². The van der Waals surface area contributed by atoms with Crippen LogP contribution in [0.4, 0.5) is 0 Å². The Morgan fingerprint density at radius 3 is 2.62 bits per heavy atom. The molecule has 0 atom stereocenters. The van der Waals surface area contributed by atoms with Gasteiger partial charge in [0.1, 0.15) is 17.4 Å². The Hall–Kier alpha value is -1.77. The molecule has 0 aliphatic carbocycles. The smallest absolute Gasteiger partial charge is 0.339 e. The zero-order valence-electron chi connectivity index (χ0n) is 9.57. The molecular weight excluding hydrogens is 204 g/mol. The summed E-state index contributed by atoms with van der Waals surface area (Å²) in [5.74, 6) is -0.626. The van der Waals surface area contributed by atoms with E-state index in [1.807, 2.05) is 19.1 Å². The minimum atomic E-state index is -0.942. The van der Waals surface area contributed by atoms with E-state index in [0.717, 1.165) is 16.5 Å². The predicted molar refractivity (Wildman–Crippen MR) is 62.0 cm³/mol. The highest BCUT2D eigenvalue weighted by molar-refractivity contribution is 6.04. The third-order valence-corrected chi connectivity index (χ3v) is 2.81. The average molecular weight is 218 g/mol. The molecule has 3 nitrogen and oxygen atoms in total. The maximum atomic E-state index is 11.0. The Balaban J connectivity index is 2.83. The van der Waals surface area contributed by atoms with E-state index in [1.165, 1.54) is 6.26 Å². The van der Waals surface area contributed by atoms with Gasteiger partial charge in [0.2, 0.25) is 0 Å². The van der Waals surface area contributed by atoms with E-state index in [1.54, 1.807) is 0 Å². The van der Waals surface area contributed by atoms with Crippen LogP contribution < -0.4 is 0 Å². The molecule has 1 aromatic carbocycles. The zero-order chi connectivity index (χ0) is 11.9. The number of carboxylic acid groups (broad SMARTS) is 1. The van der Waals surface area contributed by atoms with Crippen molar-refractivity contribution in [2.45, 2.75) is 26.7 Å². The number of furan rings is 1. The number of aryl methyl sites for hydroxylation is 1. The van der Waals surface area contributed by atoms with Crippen LogP contribution in [-0.4, -0.2) is 11.1 Å². The lowest BCUT2D eigenvalue weighted by Gasteiger charge is -2.07. The Morgan fingerprint density at radius 2 is 2.06 bits per heavy atom. The first kappa shape index (κ1) is 10.7. The maximum Gasteiger partial charge on any atom is 0.339 e. The lowest BCUT2D eigenvalue weighted by atomic mass is 9.97. The van der Waals surface area contributed by atoms with Crippen molar-refractivity contribution >= 4 is 16.9 Å². The molecule has 1 N–H and O–H groups in total. The lowest BCUT2D eigenvalue weighted by Crippen LogP contribution is -1.96. The lowest BCUT2D eigenvalue weighted by molar-refractivity contribution is 0.0698. The number of carbonyl (C=O) groups is 1. The molecular formula is C13H14O3. The number of fused-ring (bicyclic) bond motifs is 1. The summed E-state index contributed by atoms with van der Waals surface area (Å²) in [4.78, 5) is 11.0. The molecule has 16 heavy (non-hydrogen) atoms. The molecule has 0 radical (unpaired) electrons. The first-order chi connectivity index (χ1) is 7.52. The quantitative estimate of drug-likeness (QED) is 0.838. The minimum absolute atomic E-state index is 0.245. The van der Waals surface area contributed by atoms with Crippen molar-refractivity contribution in [2.75, 3.05) is 0 Å². The van der Waals surface area contributed by atoms with Gasteiger partial charge in [-0.3, -0.25) is 0 Å². The van der Waals surface area contributed by atoms with E-state index in [0.29, 0.717) is 11.5 Å². The Bertz CT molecular complexity index is 550. The molecule has 0 saturated carbocycles. The number of aromatic carboxylic acids is 1. The molecule has 0 amide bonds. The summed E-state index contributed by atoms with van der Waals surface area (Å²) >= 11 is 0. The Labute approximate surface area is 93.7 Å². The number of rotatable bonds is 2. The van der Waals surface area contributed by atoms with Gasteiger partial charge in [0.05, 0.1) is 0 Å². The molecule has 0 fully saturated rings. The molecule has 84 valence electrons. The van der Waals surface area contributed by atoms with Crippen molar-refractivity contribution in [3.05, 3.63) is 35.1 Å². The van der Waals surface area contributed by atoms with Crippen LogP contribution in [0.3, 0.4) is 0 Å². The first-order valence-electron chi connectivity index (χ1n) is 5.26. The fourth-order valence-electron chi connectivity index (χ4n) is 1.95. The van der Waals surface area contributed by atoms with Gasteiger partial charge in [-0.05, 0) is 24.0 Å². The van der Waals surface area contributed by atoms with Gasteiger partial charge in [-0.25, -0.2) is 4.79 Å². The van der Waals surface area contributed by atoms with Crippen molar-refractivity contribution in [1.82, 2.24) is 0 Å².